The quantitative estimate of drug-likeness (QED) is 0.445. The minimum Gasteiger partial charge on any atom is -0.496 e. The van der Waals surface area contributed by atoms with E-state index in [9.17, 15) is 4.79 Å². The van der Waals surface area contributed by atoms with Crippen molar-refractivity contribution < 1.29 is 13.9 Å². The van der Waals surface area contributed by atoms with Crippen LogP contribution in [0.1, 0.15) is 16.1 Å². The molecule has 10 heteroatoms. The summed E-state index contributed by atoms with van der Waals surface area (Å²) in [6.07, 6.45) is 4.79. The van der Waals surface area contributed by atoms with Crippen LogP contribution in [0.2, 0.25) is 5.02 Å². The van der Waals surface area contributed by atoms with Crippen molar-refractivity contribution in [3.8, 4) is 5.75 Å². The second-order valence-corrected chi connectivity index (χ2v) is 6.80. The van der Waals surface area contributed by atoms with Crippen molar-refractivity contribution in [3.05, 3.63) is 65.5 Å². The normalized spacial score (nSPS) is 10.9. The summed E-state index contributed by atoms with van der Waals surface area (Å²) in [5.74, 6) is 1.64. The Bertz CT molecular complexity index is 1160. The van der Waals surface area contributed by atoms with E-state index in [0.29, 0.717) is 47.4 Å². The highest BCUT2D eigenvalue weighted by Crippen LogP contribution is 2.22. The highest BCUT2D eigenvalue weighted by atomic mass is 35.5. The molecule has 4 aromatic rings. The van der Waals surface area contributed by atoms with Crippen LogP contribution in [0.5, 0.6) is 5.75 Å². The topological polar surface area (TPSA) is 107 Å². The van der Waals surface area contributed by atoms with E-state index in [1.165, 1.54) is 13.4 Å². The van der Waals surface area contributed by atoms with E-state index < -0.39 is 0 Å². The summed E-state index contributed by atoms with van der Waals surface area (Å²) in [6, 6.07) is 8.62. The zero-order valence-electron chi connectivity index (χ0n) is 16.1. The number of carbonyl (C=O) groups is 1. The molecule has 2 N–H and O–H groups in total. The average molecular weight is 427 g/mol. The third kappa shape index (κ3) is 4.20. The monoisotopic (exact) mass is 426 g/mol. The van der Waals surface area contributed by atoms with Crippen molar-refractivity contribution >= 4 is 34.4 Å². The molecule has 154 valence electrons. The van der Waals surface area contributed by atoms with Gasteiger partial charge in [-0.1, -0.05) is 11.6 Å². The van der Waals surface area contributed by atoms with E-state index in [1.54, 1.807) is 35.3 Å². The van der Waals surface area contributed by atoms with Crippen LogP contribution in [0.25, 0.3) is 11.0 Å². The molecule has 0 atom stereocenters. The lowest BCUT2D eigenvalue weighted by molar-refractivity contribution is 0.0949. The van der Waals surface area contributed by atoms with Crippen LogP contribution in [0.3, 0.4) is 0 Å². The van der Waals surface area contributed by atoms with Crippen LogP contribution in [-0.2, 0) is 13.1 Å². The maximum absolute atomic E-state index is 12.5. The molecule has 9 nitrogen and oxygen atoms in total. The molecule has 3 heterocycles. The number of fused-ring (bicyclic) bond motifs is 1. The second kappa shape index (κ2) is 8.83. The van der Waals surface area contributed by atoms with Crippen molar-refractivity contribution in [2.75, 3.05) is 19.0 Å². The molecule has 0 aliphatic heterocycles. The number of hydrogen-bond acceptors (Lipinski definition) is 7. The van der Waals surface area contributed by atoms with Crippen LogP contribution in [0.15, 0.2) is 53.5 Å². The molecular formula is C20H19ClN6O3. The molecule has 0 aliphatic carbocycles. The summed E-state index contributed by atoms with van der Waals surface area (Å²) in [7, 11) is 1.51. The summed E-state index contributed by atoms with van der Waals surface area (Å²) >= 11 is 6.00. The number of nitrogens with one attached hydrogen (secondary N) is 2. The predicted octanol–water partition coefficient (Wildman–Crippen LogP) is 3.12. The molecule has 0 bridgehead atoms. The van der Waals surface area contributed by atoms with Crippen molar-refractivity contribution in [1.82, 2.24) is 25.1 Å². The van der Waals surface area contributed by atoms with E-state index in [0.717, 1.165) is 11.1 Å². The molecule has 1 aromatic carbocycles. The van der Waals surface area contributed by atoms with Gasteiger partial charge < -0.3 is 19.8 Å². The van der Waals surface area contributed by atoms with E-state index in [-0.39, 0.29) is 5.91 Å². The Balaban J connectivity index is 1.42. The Morgan fingerprint density at radius 2 is 2.20 bits per heavy atom. The van der Waals surface area contributed by atoms with Gasteiger partial charge in [0.15, 0.2) is 5.65 Å². The number of methoxy groups -OCH3 is 1. The molecule has 30 heavy (non-hydrogen) atoms. The maximum atomic E-state index is 12.5. The number of hydrogen-bond donors (Lipinski definition) is 2. The predicted molar refractivity (Wildman–Crippen MR) is 112 cm³/mol. The molecule has 0 fully saturated rings. The first kappa shape index (κ1) is 19.7. The van der Waals surface area contributed by atoms with Gasteiger partial charge in [0.1, 0.15) is 23.7 Å². The van der Waals surface area contributed by atoms with Crippen LogP contribution >= 0.6 is 11.6 Å². The Hall–Kier alpha value is -3.59. The number of aromatic nitrogens is 4. The zero-order chi connectivity index (χ0) is 20.9. The molecule has 4 rings (SSSR count). The van der Waals surface area contributed by atoms with Crippen LogP contribution < -0.4 is 15.4 Å². The van der Waals surface area contributed by atoms with E-state index >= 15 is 0 Å². The largest absolute Gasteiger partial charge is 0.496 e. The fraction of sp³-hybridized carbons (Fsp3) is 0.200. The lowest BCUT2D eigenvalue weighted by Crippen LogP contribution is -2.28. The molecule has 0 saturated carbocycles. The minimum absolute atomic E-state index is 0.277. The first-order valence-electron chi connectivity index (χ1n) is 9.20. The number of nitrogens with zero attached hydrogens (tertiary/aromatic N) is 4. The van der Waals surface area contributed by atoms with Gasteiger partial charge in [0.25, 0.3) is 5.91 Å². The van der Waals surface area contributed by atoms with Crippen LogP contribution in [0.4, 0.5) is 5.82 Å². The minimum atomic E-state index is -0.277. The van der Waals surface area contributed by atoms with Gasteiger partial charge in [-0.3, -0.25) is 4.79 Å². The Labute approximate surface area is 177 Å². The first-order chi connectivity index (χ1) is 14.7. The number of amides is 1. The summed E-state index contributed by atoms with van der Waals surface area (Å²) in [5, 5.41) is 11.7. The number of furan rings is 1. The lowest BCUT2D eigenvalue weighted by Gasteiger charge is -2.10. The molecule has 0 aliphatic rings. The van der Waals surface area contributed by atoms with Gasteiger partial charge >= 0.3 is 0 Å². The van der Waals surface area contributed by atoms with Gasteiger partial charge in [0.2, 0.25) is 0 Å². The number of rotatable bonds is 8. The number of carbonyl (C=O) groups excluding carboxylic acids is 1. The van der Waals surface area contributed by atoms with E-state index in [2.05, 4.69) is 25.7 Å². The van der Waals surface area contributed by atoms with Crippen LogP contribution in [-0.4, -0.2) is 39.3 Å². The maximum Gasteiger partial charge on any atom is 0.255 e. The van der Waals surface area contributed by atoms with Gasteiger partial charge in [-0.05, 0) is 30.3 Å². The summed E-state index contributed by atoms with van der Waals surface area (Å²) in [5.41, 5.74) is 1.04. The third-order valence-corrected chi connectivity index (χ3v) is 4.69. The fourth-order valence-electron chi connectivity index (χ4n) is 3.01. The van der Waals surface area contributed by atoms with Gasteiger partial charge in [0, 0.05) is 11.6 Å². The molecule has 0 spiro atoms. The number of benzene rings is 1. The second-order valence-electron chi connectivity index (χ2n) is 6.36. The third-order valence-electron chi connectivity index (χ3n) is 4.46. The van der Waals surface area contributed by atoms with Gasteiger partial charge in [-0.25, -0.2) is 14.6 Å². The number of anilines is 1. The smallest absolute Gasteiger partial charge is 0.255 e. The summed E-state index contributed by atoms with van der Waals surface area (Å²) < 4.78 is 12.3. The zero-order valence-corrected chi connectivity index (χ0v) is 16.9. The first-order valence-corrected chi connectivity index (χ1v) is 9.58. The Morgan fingerprint density at radius 3 is 3.00 bits per heavy atom. The average Bonchev–Trinajstić information content (AvgIpc) is 3.42. The number of halogens is 1. The van der Waals surface area contributed by atoms with Crippen molar-refractivity contribution in [2.45, 2.75) is 13.1 Å². The Kier molecular flexibility index (Phi) is 5.80. The molecule has 1 amide bonds. The van der Waals surface area contributed by atoms with Crippen molar-refractivity contribution in [2.24, 2.45) is 0 Å². The van der Waals surface area contributed by atoms with Crippen molar-refractivity contribution in [3.63, 3.8) is 0 Å². The SMILES string of the molecule is COc1ccc(Cl)cc1C(=O)NCCn1ncc2c(NCc3ccco3)ncnc21. The molecule has 0 unspecified atom stereocenters. The summed E-state index contributed by atoms with van der Waals surface area (Å²) in [6.45, 7) is 1.29. The van der Waals surface area contributed by atoms with E-state index in [1.807, 2.05) is 12.1 Å². The highest BCUT2D eigenvalue weighted by molar-refractivity contribution is 6.31. The van der Waals surface area contributed by atoms with Crippen LogP contribution in [0, 0.1) is 0 Å². The molecule has 0 saturated heterocycles. The Morgan fingerprint density at radius 1 is 1.30 bits per heavy atom. The number of ether oxygens (including phenoxy) is 1. The van der Waals surface area contributed by atoms with E-state index in [4.69, 9.17) is 20.8 Å². The summed E-state index contributed by atoms with van der Waals surface area (Å²) in [4.78, 5) is 21.1. The van der Waals surface area contributed by atoms with Crippen molar-refractivity contribution in [1.29, 1.82) is 0 Å². The fourth-order valence-corrected chi connectivity index (χ4v) is 3.18. The molecular weight excluding hydrogens is 408 g/mol. The molecule has 0 radical (unpaired) electrons. The van der Waals surface area contributed by atoms with Gasteiger partial charge in [-0.2, -0.15) is 5.10 Å². The lowest BCUT2D eigenvalue weighted by atomic mass is 10.2. The van der Waals surface area contributed by atoms with Gasteiger partial charge in [0.05, 0.1) is 43.6 Å². The standard InChI is InChI=1S/C20H19ClN6O3/c1-29-17-5-4-13(21)9-15(17)20(28)22-6-7-27-19-16(11-26-27)18(24-12-25-19)23-10-14-3-2-8-30-14/h2-5,8-9,11-12H,6-7,10H2,1H3,(H,22,28)(H,23,24,25). The van der Waals surface area contributed by atoms with Gasteiger partial charge in [-0.15, -0.1) is 0 Å². The molecule has 3 aromatic heterocycles. The highest BCUT2D eigenvalue weighted by Gasteiger charge is 2.14.